The monoisotopic (exact) mass is 473 g/mol. The number of rotatable bonds is 20. The number of aliphatic hydroxyl groups is 1. The lowest BCUT2D eigenvalue weighted by Crippen LogP contribution is -2.24. The average Bonchev–Trinajstić information content (AvgIpc) is 2.78. The third-order valence-corrected chi connectivity index (χ3v) is 6.46. The molecule has 32 heavy (non-hydrogen) atoms. The summed E-state index contributed by atoms with van der Waals surface area (Å²) in [5.41, 5.74) is -0.346. The molecule has 0 aromatic heterocycles. The number of nitrogens with zero attached hydrogens (tertiary/aromatic N) is 1. The Balaban J connectivity index is 2.04. The fraction of sp³-hybridized carbons (Fsp3) is 0.739. The van der Waals surface area contributed by atoms with Crippen molar-refractivity contribution in [3.8, 4) is 0 Å². The van der Waals surface area contributed by atoms with Crippen molar-refractivity contribution < 1.29 is 27.4 Å². The van der Waals surface area contributed by atoms with Crippen molar-refractivity contribution in [1.29, 1.82) is 0 Å². The quantitative estimate of drug-likeness (QED) is 0.117. The number of hydrogen-bond acceptors (Lipinski definition) is 7. The van der Waals surface area contributed by atoms with Gasteiger partial charge in [-0.25, -0.2) is 0 Å². The molecule has 0 unspecified atom stereocenters. The summed E-state index contributed by atoms with van der Waals surface area (Å²) in [7, 11) is -4.19. The van der Waals surface area contributed by atoms with Gasteiger partial charge >= 0.3 is 0 Å². The highest BCUT2D eigenvalue weighted by Crippen LogP contribution is 2.19. The molecule has 0 amide bonds. The topological polar surface area (TPSA) is 116 Å². The lowest BCUT2D eigenvalue weighted by molar-refractivity contribution is -0.385. The van der Waals surface area contributed by atoms with E-state index in [9.17, 15) is 23.6 Å². The Bertz CT molecular complexity index is 740. The Morgan fingerprint density at radius 1 is 0.938 bits per heavy atom. The summed E-state index contributed by atoms with van der Waals surface area (Å²) in [4.78, 5) is 9.77. The molecule has 1 atom stereocenters. The van der Waals surface area contributed by atoms with E-state index in [0.717, 1.165) is 18.9 Å². The van der Waals surface area contributed by atoms with Crippen molar-refractivity contribution in [2.75, 3.05) is 19.8 Å². The highest BCUT2D eigenvalue weighted by molar-refractivity contribution is 7.86. The normalized spacial score (nSPS) is 12.7. The van der Waals surface area contributed by atoms with E-state index in [1.54, 1.807) is 0 Å². The van der Waals surface area contributed by atoms with Gasteiger partial charge in [-0.3, -0.25) is 14.3 Å². The molecule has 184 valence electrons. The van der Waals surface area contributed by atoms with Crippen LogP contribution in [0.3, 0.4) is 0 Å². The maximum atomic E-state index is 12.1. The minimum absolute atomic E-state index is 0.0253. The van der Waals surface area contributed by atoms with Crippen LogP contribution in [0, 0.1) is 10.1 Å². The fourth-order valence-corrected chi connectivity index (χ4v) is 4.28. The van der Waals surface area contributed by atoms with Crippen LogP contribution in [0.1, 0.15) is 84.0 Å². The van der Waals surface area contributed by atoms with Crippen LogP contribution in [0.5, 0.6) is 0 Å². The Morgan fingerprint density at radius 3 is 2.06 bits per heavy atom. The molecule has 0 bridgehead atoms. The number of ether oxygens (including phenoxy) is 1. The number of nitro benzene ring substituents is 1. The predicted octanol–water partition coefficient (Wildman–Crippen LogP) is 5.38. The summed E-state index contributed by atoms with van der Waals surface area (Å²) in [5, 5.41) is 20.6. The second kappa shape index (κ2) is 17.0. The van der Waals surface area contributed by atoms with Crippen molar-refractivity contribution >= 4 is 15.8 Å². The molecule has 0 fully saturated rings. The zero-order chi connectivity index (χ0) is 23.7. The lowest BCUT2D eigenvalue weighted by atomic mass is 10.1. The van der Waals surface area contributed by atoms with Gasteiger partial charge in [-0.1, -0.05) is 83.6 Å². The highest BCUT2D eigenvalue weighted by atomic mass is 32.2. The zero-order valence-electron chi connectivity index (χ0n) is 19.2. The number of aliphatic hydroxyl groups excluding tert-OH is 1. The molecule has 0 aliphatic heterocycles. The molecule has 0 saturated carbocycles. The Labute approximate surface area is 192 Å². The van der Waals surface area contributed by atoms with Gasteiger partial charge in [0.05, 0.1) is 18.1 Å². The molecular formula is C23H39NO7S. The van der Waals surface area contributed by atoms with Gasteiger partial charge in [0.2, 0.25) is 0 Å². The first-order chi connectivity index (χ1) is 15.4. The third-order valence-electron chi connectivity index (χ3n) is 5.19. The van der Waals surface area contributed by atoms with E-state index in [4.69, 9.17) is 8.92 Å². The fourth-order valence-electron chi connectivity index (χ4n) is 3.30. The molecule has 1 rings (SSSR count). The first-order valence-electron chi connectivity index (χ1n) is 11.8. The predicted molar refractivity (Wildman–Crippen MR) is 124 cm³/mol. The number of non-ortho nitro benzene ring substituents is 1. The molecule has 1 aromatic carbocycles. The Kier molecular flexibility index (Phi) is 15.1. The molecule has 0 aliphatic carbocycles. The van der Waals surface area contributed by atoms with Crippen LogP contribution in [0.25, 0.3) is 0 Å². The van der Waals surface area contributed by atoms with Crippen molar-refractivity contribution in [2.24, 2.45) is 0 Å². The summed E-state index contributed by atoms with van der Waals surface area (Å²) in [5.74, 6) is 0. The van der Waals surface area contributed by atoms with Gasteiger partial charge in [0.15, 0.2) is 0 Å². The van der Waals surface area contributed by atoms with Crippen LogP contribution in [0.4, 0.5) is 5.69 Å². The van der Waals surface area contributed by atoms with E-state index >= 15 is 0 Å². The first kappa shape index (κ1) is 28.5. The maximum Gasteiger partial charge on any atom is 0.297 e. The minimum atomic E-state index is -4.19. The van der Waals surface area contributed by atoms with Crippen molar-refractivity contribution in [2.45, 2.75) is 95.0 Å². The highest BCUT2D eigenvalue weighted by Gasteiger charge is 2.20. The second-order valence-electron chi connectivity index (χ2n) is 8.11. The van der Waals surface area contributed by atoms with Crippen molar-refractivity contribution in [3.63, 3.8) is 0 Å². The molecular weight excluding hydrogens is 434 g/mol. The Hall–Kier alpha value is -1.55. The summed E-state index contributed by atoms with van der Waals surface area (Å²) < 4.78 is 34.4. The van der Waals surface area contributed by atoms with E-state index in [0.29, 0.717) is 6.61 Å². The van der Waals surface area contributed by atoms with Crippen LogP contribution in [-0.2, 0) is 19.0 Å². The van der Waals surface area contributed by atoms with Crippen LogP contribution in [0.15, 0.2) is 29.2 Å². The summed E-state index contributed by atoms with van der Waals surface area (Å²) in [6.07, 6.45) is 13.9. The summed E-state index contributed by atoms with van der Waals surface area (Å²) >= 11 is 0. The first-order valence-corrected chi connectivity index (χ1v) is 13.2. The van der Waals surface area contributed by atoms with E-state index in [1.165, 1.54) is 82.4 Å². The number of unbranched alkanes of at least 4 members (excludes halogenated alkanes) is 11. The zero-order valence-corrected chi connectivity index (χ0v) is 20.1. The third kappa shape index (κ3) is 13.1. The van der Waals surface area contributed by atoms with Gasteiger partial charge in [0, 0.05) is 18.7 Å². The van der Waals surface area contributed by atoms with Gasteiger partial charge in [-0.15, -0.1) is 0 Å². The lowest BCUT2D eigenvalue weighted by Gasteiger charge is -2.12. The molecule has 9 heteroatoms. The van der Waals surface area contributed by atoms with Crippen LogP contribution in [0.2, 0.25) is 0 Å². The summed E-state index contributed by atoms with van der Waals surface area (Å²) in [6.45, 7) is 2.25. The second-order valence-corrected chi connectivity index (χ2v) is 9.73. The maximum absolute atomic E-state index is 12.1. The number of benzene rings is 1. The van der Waals surface area contributed by atoms with Gasteiger partial charge in [-0.05, 0) is 12.5 Å². The van der Waals surface area contributed by atoms with Crippen LogP contribution < -0.4 is 0 Å². The van der Waals surface area contributed by atoms with E-state index < -0.39 is 27.8 Å². The van der Waals surface area contributed by atoms with E-state index in [2.05, 4.69) is 6.92 Å². The standard InChI is InChI=1S/C23H39NO7S/c1-2-3-4-5-6-7-8-9-10-11-12-13-17-30-19-22(25)20-31-32(28,29)23-16-14-15-21(18-23)24(26)27/h14-16,18,22,25H,2-13,17,19-20H2,1H3/t22-/m1/s1. The molecule has 0 radical (unpaired) electrons. The van der Waals surface area contributed by atoms with E-state index in [-0.39, 0.29) is 17.2 Å². The van der Waals surface area contributed by atoms with Gasteiger partial charge in [0.25, 0.3) is 15.8 Å². The molecule has 1 N–H and O–H groups in total. The van der Waals surface area contributed by atoms with Gasteiger partial charge < -0.3 is 9.84 Å². The van der Waals surface area contributed by atoms with Crippen LogP contribution in [-0.4, -0.2) is 44.4 Å². The van der Waals surface area contributed by atoms with Crippen molar-refractivity contribution in [1.82, 2.24) is 0 Å². The molecule has 0 aliphatic rings. The molecule has 0 spiro atoms. The SMILES string of the molecule is CCCCCCCCCCCCCCOC[C@@H](O)COS(=O)(=O)c1cccc([N+](=O)[O-])c1. The van der Waals surface area contributed by atoms with E-state index in [1.807, 2.05) is 0 Å². The molecule has 0 saturated heterocycles. The van der Waals surface area contributed by atoms with Crippen LogP contribution >= 0.6 is 0 Å². The van der Waals surface area contributed by atoms with Gasteiger partial charge in [0.1, 0.15) is 11.0 Å². The largest absolute Gasteiger partial charge is 0.388 e. The average molecular weight is 474 g/mol. The number of hydrogen-bond donors (Lipinski definition) is 1. The minimum Gasteiger partial charge on any atom is -0.388 e. The smallest absolute Gasteiger partial charge is 0.297 e. The van der Waals surface area contributed by atoms with Crippen molar-refractivity contribution in [3.05, 3.63) is 34.4 Å². The molecule has 1 aromatic rings. The Morgan fingerprint density at radius 2 is 1.50 bits per heavy atom. The summed E-state index contributed by atoms with van der Waals surface area (Å²) in [6, 6.07) is 4.59. The molecule has 8 nitrogen and oxygen atoms in total. The molecule has 0 heterocycles. The number of nitro groups is 1. The van der Waals surface area contributed by atoms with Gasteiger partial charge in [-0.2, -0.15) is 8.42 Å².